The van der Waals surface area contributed by atoms with Crippen LogP contribution < -0.4 is 11.1 Å². The fourth-order valence-corrected chi connectivity index (χ4v) is 0.962. The molecule has 3 N–H and O–H groups in total. The lowest BCUT2D eigenvalue weighted by atomic mass is 9.92. The Balaban J connectivity index is 3.16. The molecule has 4 heteroatoms. The van der Waals surface area contributed by atoms with Gasteiger partial charge in [0.25, 0.3) is 0 Å². The Morgan fingerprint density at radius 1 is 1.31 bits per heavy atom. The van der Waals surface area contributed by atoms with Crippen molar-refractivity contribution in [1.82, 2.24) is 9.97 Å². The summed E-state index contributed by atoms with van der Waals surface area (Å²) in [4.78, 5) is 8.34. The minimum absolute atomic E-state index is 0.00264. The van der Waals surface area contributed by atoms with Crippen LogP contribution in [-0.2, 0) is 5.41 Å². The monoisotopic (exact) mass is 180 g/mol. The normalized spacial score (nSPS) is 11.4. The first kappa shape index (κ1) is 9.77. The maximum absolute atomic E-state index is 5.64. The molecular weight excluding hydrogens is 164 g/mol. The highest BCUT2D eigenvalue weighted by Crippen LogP contribution is 2.22. The smallest absolute Gasteiger partial charge is 0.224 e. The van der Waals surface area contributed by atoms with E-state index in [-0.39, 0.29) is 5.41 Å². The maximum atomic E-state index is 5.64. The lowest BCUT2D eigenvalue weighted by Gasteiger charge is -2.18. The standard InChI is InChI=1S/C9H16N4/c1-9(2,3)6-5-7(10)13-8(11-4)12-6/h5H,1-4H3,(H3,10,11,12,13). The number of rotatable bonds is 1. The third-order valence-electron chi connectivity index (χ3n) is 1.74. The van der Waals surface area contributed by atoms with Crippen LogP contribution in [0.15, 0.2) is 6.07 Å². The third-order valence-corrected chi connectivity index (χ3v) is 1.74. The van der Waals surface area contributed by atoms with Crippen molar-refractivity contribution < 1.29 is 0 Å². The zero-order chi connectivity index (χ0) is 10.1. The quantitative estimate of drug-likeness (QED) is 0.685. The first-order valence-corrected chi connectivity index (χ1v) is 4.26. The van der Waals surface area contributed by atoms with Gasteiger partial charge in [0.15, 0.2) is 0 Å². The second-order valence-electron chi connectivity index (χ2n) is 4.00. The summed E-state index contributed by atoms with van der Waals surface area (Å²) in [5.41, 5.74) is 6.59. The van der Waals surface area contributed by atoms with E-state index in [0.717, 1.165) is 5.69 Å². The minimum Gasteiger partial charge on any atom is -0.384 e. The van der Waals surface area contributed by atoms with Crippen LogP contribution in [0, 0.1) is 0 Å². The van der Waals surface area contributed by atoms with Gasteiger partial charge in [-0.3, -0.25) is 0 Å². The lowest BCUT2D eigenvalue weighted by molar-refractivity contribution is 0.568. The highest BCUT2D eigenvalue weighted by molar-refractivity contribution is 5.39. The van der Waals surface area contributed by atoms with Gasteiger partial charge in [0.05, 0.1) is 5.69 Å². The summed E-state index contributed by atoms with van der Waals surface area (Å²) < 4.78 is 0. The van der Waals surface area contributed by atoms with Gasteiger partial charge >= 0.3 is 0 Å². The van der Waals surface area contributed by atoms with Gasteiger partial charge in [-0.2, -0.15) is 4.98 Å². The molecule has 0 aliphatic carbocycles. The van der Waals surface area contributed by atoms with Crippen LogP contribution in [0.25, 0.3) is 0 Å². The topological polar surface area (TPSA) is 63.8 Å². The number of nitrogen functional groups attached to an aromatic ring is 1. The number of nitrogens with zero attached hydrogens (tertiary/aromatic N) is 2. The Morgan fingerprint density at radius 3 is 2.38 bits per heavy atom. The predicted molar refractivity (Wildman–Crippen MR) is 54.7 cm³/mol. The summed E-state index contributed by atoms with van der Waals surface area (Å²) >= 11 is 0. The molecule has 0 atom stereocenters. The molecule has 13 heavy (non-hydrogen) atoms. The Bertz CT molecular complexity index is 301. The van der Waals surface area contributed by atoms with Crippen LogP contribution in [0.3, 0.4) is 0 Å². The fourth-order valence-electron chi connectivity index (χ4n) is 0.962. The van der Waals surface area contributed by atoms with Crippen LogP contribution >= 0.6 is 0 Å². The number of anilines is 2. The zero-order valence-corrected chi connectivity index (χ0v) is 8.55. The molecule has 0 aliphatic rings. The fraction of sp³-hybridized carbons (Fsp3) is 0.556. The van der Waals surface area contributed by atoms with E-state index in [1.54, 1.807) is 13.1 Å². The van der Waals surface area contributed by atoms with Gasteiger partial charge < -0.3 is 11.1 Å². The molecule has 0 fully saturated rings. The average molecular weight is 180 g/mol. The number of hydrogen-bond donors (Lipinski definition) is 2. The van der Waals surface area contributed by atoms with Gasteiger partial charge in [0.1, 0.15) is 5.82 Å². The van der Waals surface area contributed by atoms with Crippen LogP contribution in [0.5, 0.6) is 0 Å². The number of nitrogens with two attached hydrogens (primary N) is 1. The van der Waals surface area contributed by atoms with E-state index < -0.39 is 0 Å². The molecule has 0 saturated heterocycles. The molecule has 0 unspecified atom stereocenters. The highest BCUT2D eigenvalue weighted by Gasteiger charge is 2.16. The van der Waals surface area contributed by atoms with Gasteiger partial charge in [0.2, 0.25) is 5.95 Å². The Kier molecular flexibility index (Phi) is 2.40. The molecule has 1 heterocycles. The molecule has 0 bridgehead atoms. The van der Waals surface area contributed by atoms with Crippen molar-refractivity contribution in [2.75, 3.05) is 18.1 Å². The predicted octanol–water partition coefficient (Wildman–Crippen LogP) is 1.40. The molecule has 1 rings (SSSR count). The molecular formula is C9H16N4. The van der Waals surface area contributed by atoms with Crippen molar-refractivity contribution in [3.05, 3.63) is 11.8 Å². The molecule has 0 aliphatic heterocycles. The molecule has 4 nitrogen and oxygen atoms in total. The van der Waals surface area contributed by atoms with Crippen molar-refractivity contribution in [2.45, 2.75) is 26.2 Å². The van der Waals surface area contributed by atoms with Gasteiger partial charge in [-0.05, 0) is 0 Å². The van der Waals surface area contributed by atoms with E-state index in [0.29, 0.717) is 11.8 Å². The van der Waals surface area contributed by atoms with Gasteiger partial charge in [-0.25, -0.2) is 4.98 Å². The van der Waals surface area contributed by atoms with Crippen LogP contribution in [0.2, 0.25) is 0 Å². The summed E-state index contributed by atoms with van der Waals surface area (Å²) in [7, 11) is 1.78. The number of hydrogen-bond acceptors (Lipinski definition) is 4. The van der Waals surface area contributed by atoms with Crippen molar-refractivity contribution in [3.63, 3.8) is 0 Å². The first-order valence-electron chi connectivity index (χ1n) is 4.26. The largest absolute Gasteiger partial charge is 0.384 e. The molecule has 0 amide bonds. The van der Waals surface area contributed by atoms with Crippen LogP contribution in [-0.4, -0.2) is 17.0 Å². The summed E-state index contributed by atoms with van der Waals surface area (Å²) in [6.45, 7) is 6.27. The van der Waals surface area contributed by atoms with Gasteiger partial charge in [-0.1, -0.05) is 20.8 Å². The van der Waals surface area contributed by atoms with E-state index in [9.17, 15) is 0 Å². The Hall–Kier alpha value is -1.32. The maximum Gasteiger partial charge on any atom is 0.224 e. The molecule has 0 saturated carbocycles. The van der Waals surface area contributed by atoms with Crippen molar-refractivity contribution >= 4 is 11.8 Å². The van der Waals surface area contributed by atoms with Crippen molar-refractivity contribution in [1.29, 1.82) is 0 Å². The summed E-state index contributed by atoms with van der Waals surface area (Å²) in [5, 5.41) is 2.88. The zero-order valence-electron chi connectivity index (χ0n) is 8.55. The molecule has 0 aromatic carbocycles. The Labute approximate surface area is 78.6 Å². The van der Waals surface area contributed by atoms with Gasteiger partial charge in [0, 0.05) is 18.5 Å². The first-order chi connectivity index (χ1) is 5.93. The number of aromatic nitrogens is 2. The summed E-state index contributed by atoms with van der Waals surface area (Å²) in [6, 6.07) is 1.81. The average Bonchev–Trinajstić information content (AvgIpc) is 2.01. The highest BCUT2D eigenvalue weighted by atomic mass is 15.1. The van der Waals surface area contributed by atoms with Crippen LogP contribution in [0.4, 0.5) is 11.8 Å². The van der Waals surface area contributed by atoms with Crippen molar-refractivity contribution in [2.24, 2.45) is 0 Å². The van der Waals surface area contributed by atoms with Crippen molar-refractivity contribution in [3.8, 4) is 0 Å². The Morgan fingerprint density at radius 2 is 1.92 bits per heavy atom. The minimum atomic E-state index is 0.00264. The second-order valence-corrected chi connectivity index (χ2v) is 4.00. The van der Waals surface area contributed by atoms with Crippen LogP contribution in [0.1, 0.15) is 26.5 Å². The molecule has 1 aromatic rings. The second kappa shape index (κ2) is 3.20. The van der Waals surface area contributed by atoms with E-state index in [1.165, 1.54) is 0 Å². The molecule has 0 spiro atoms. The van der Waals surface area contributed by atoms with E-state index in [1.807, 2.05) is 0 Å². The molecule has 72 valence electrons. The molecule has 1 aromatic heterocycles. The van der Waals surface area contributed by atoms with Gasteiger partial charge in [-0.15, -0.1) is 0 Å². The van der Waals surface area contributed by atoms with E-state index in [4.69, 9.17) is 5.73 Å². The SMILES string of the molecule is CNc1nc(N)cc(C(C)(C)C)n1. The molecule has 0 radical (unpaired) electrons. The summed E-state index contributed by atoms with van der Waals surface area (Å²) in [6.07, 6.45) is 0. The lowest BCUT2D eigenvalue weighted by Crippen LogP contribution is -2.16. The summed E-state index contributed by atoms with van der Waals surface area (Å²) in [5.74, 6) is 1.08. The van der Waals surface area contributed by atoms with E-state index in [2.05, 4.69) is 36.1 Å². The number of nitrogens with one attached hydrogen (secondary N) is 1. The van der Waals surface area contributed by atoms with E-state index >= 15 is 0 Å². The third kappa shape index (κ3) is 2.31.